The van der Waals surface area contributed by atoms with E-state index in [0.29, 0.717) is 17.4 Å². The molecule has 1 aliphatic carbocycles. The van der Waals surface area contributed by atoms with E-state index in [2.05, 4.69) is 37.5 Å². The summed E-state index contributed by atoms with van der Waals surface area (Å²) in [4.78, 5) is 0. The van der Waals surface area contributed by atoms with E-state index < -0.39 is 0 Å². The predicted octanol–water partition coefficient (Wildman–Crippen LogP) is 2.90. The van der Waals surface area contributed by atoms with Crippen LogP contribution in [0.4, 0.5) is 0 Å². The van der Waals surface area contributed by atoms with Crippen LogP contribution in [0.2, 0.25) is 0 Å². The summed E-state index contributed by atoms with van der Waals surface area (Å²) in [7, 11) is 4.06. The minimum absolute atomic E-state index is 0.432. The summed E-state index contributed by atoms with van der Waals surface area (Å²) in [6.45, 7) is 4.83. The lowest BCUT2D eigenvalue weighted by Gasteiger charge is -2.43. The standard InChI is InChI=1S/C14H25N3/c1-14(2)8-6-5-7-12(14)13(15-3)11-9-16-17(4)10-11/h9-10,12-13,15H,5-8H2,1-4H3. The number of nitrogens with one attached hydrogen (secondary N) is 1. The van der Waals surface area contributed by atoms with Crippen LogP contribution in [-0.2, 0) is 7.05 Å². The van der Waals surface area contributed by atoms with Gasteiger partial charge in [-0.2, -0.15) is 5.10 Å². The number of rotatable bonds is 3. The van der Waals surface area contributed by atoms with Gasteiger partial charge >= 0.3 is 0 Å². The van der Waals surface area contributed by atoms with Crippen molar-refractivity contribution in [2.24, 2.45) is 18.4 Å². The summed E-state index contributed by atoms with van der Waals surface area (Å²) < 4.78 is 1.90. The number of aromatic nitrogens is 2. The Labute approximate surface area is 105 Å². The van der Waals surface area contributed by atoms with Crippen LogP contribution in [0.3, 0.4) is 0 Å². The van der Waals surface area contributed by atoms with Gasteiger partial charge in [-0.25, -0.2) is 0 Å². The number of aryl methyl sites for hydroxylation is 1. The topological polar surface area (TPSA) is 29.9 Å². The highest BCUT2D eigenvalue weighted by Crippen LogP contribution is 2.46. The van der Waals surface area contributed by atoms with E-state index in [4.69, 9.17) is 0 Å². The lowest BCUT2D eigenvalue weighted by molar-refractivity contribution is 0.101. The molecule has 1 saturated carbocycles. The largest absolute Gasteiger partial charge is 0.313 e. The first-order valence-corrected chi connectivity index (χ1v) is 6.70. The smallest absolute Gasteiger partial charge is 0.0537 e. The number of nitrogens with zero attached hydrogens (tertiary/aromatic N) is 2. The minimum Gasteiger partial charge on any atom is -0.313 e. The second-order valence-corrected chi connectivity index (χ2v) is 6.05. The summed E-state index contributed by atoms with van der Waals surface area (Å²) in [5.74, 6) is 0.713. The van der Waals surface area contributed by atoms with Crippen molar-refractivity contribution in [2.45, 2.75) is 45.6 Å². The molecule has 0 spiro atoms. The van der Waals surface area contributed by atoms with E-state index >= 15 is 0 Å². The summed E-state index contributed by atoms with van der Waals surface area (Å²) >= 11 is 0. The van der Waals surface area contributed by atoms with E-state index in [1.54, 1.807) is 0 Å². The first kappa shape index (κ1) is 12.6. The average Bonchev–Trinajstić information content (AvgIpc) is 2.68. The van der Waals surface area contributed by atoms with Crippen molar-refractivity contribution in [1.82, 2.24) is 15.1 Å². The van der Waals surface area contributed by atoms with Crippen molar-refractivity contribution in [1.29, 1.82) is 0 Å². The summed E-state index contributed by atoms with van der Waals surface area (Å²) in [5, 5.41) is 7.81. The fraction of sp³-hybridized carbons (Fsp3) is 0.786. The molecule has 1 aromatic rings. The van der Waals surface area contributed by atoms with Crippen molar-refractivity contribution in [3.63, 3.8) is 0 Å². The normalized spacial score (nSPS) is 25.8. The fourth-order valence-electron chi connectivity index (χ4n) is 3.34. The van der Waals surface area contributed by atoms with Crippen molar-refractivity contribution >= 4 is 0 Å². The summed E-state index contributed by atoms with van der Waals surface area (Å²) in [6, 6.07) is 0.444. The van der Waals surface area contributed by atoms with Gasteiger partial charge in [0.1, 0.15) is 0 Å². The van der Waals surface area contributed by atoms with Gasteiger partial charge in [-0.3, -0.25) is 4.68 Å². The molecular weight excluding hydrogens is 210 g/mol. The van der Waals surface area contributed by atoms with Gasteiger partial charge in [-0.05, 0) is 31.2 Å². The molecule has 1 N–H and O–H groups in total. The monoisotopic (exact) mass is 235 g/mol. The maximum Gasteiger partial charge on any atom is 0.0537 e. The van der Waals surface area contributed by atoms with E-state index in [1.165, 1.54) is 31.2 Å². The lowest BCUT2D eigenvalue weighted by atomic mass is 9.65. The summed E-state index contributed by atoms with van der Waals surface area (Å²) in [5.41, 5.74) is 1.76. The van der Waals surface area contributed by atoms with E-state index in [0.717, 1.165) is 0 Å². The molecule has 1 fully saturated rings. The van der Waals surface area contributed by atoms with Gasteiger partial charge < -0.3 is 5.32 Å². The van der Waals surface area contributed by atoms with Gasteiger partial charge in [0.15, 0.2) is 0 Å². The second-order valence-electron chi connectivity index (χ2n) is 6.05. The highest BCUT2D eigenvalue weighted by molar-refractivity contribution is 5.13. The third-order valence-corrected chi connectivity index (χ3v) is 4.39. The van der Waals surface area contributed by atoms with Gasteiger partial charge in [0.05, 0.1) is 6.20 Å². The van der Waals surface area contributed by atoms with Crippen LogP contribution in [-0.4, -0.2) is 16.8 Å². The van der Waals surface area contributed by atoms with Crippen LogP contribution in [0.25, 0.3) is 0 Å². The molecule has 0 amide bonds. The van der Waals surface area contributed by atoms with Crippen molar-refractivity contribution in [2.75, 3.05) is 7.05 Å². The van der Waals surface area contributed by atoms with Crippen LogP contribution >= 0.6 is 0 Å². The van der Waals surface area contributed by atoms with Crippen molar-refractivity contribution < 1.29 is 0 Å². The Kier molecular flexibility index (Phi) is 3.57. The molecule has 1 aromatic heterocycles. The zero-order valence-electron chi connectivity index (χ0n) is 11.5. The van der Waals surface area contributed by atoms with Crippen molar-refractivity contribution in [3.8, 4) is 0 Å². The van der Waals surface area contributed by atoms with Gasteiger partial charge in [0, 0.05) is 24.8 Å². The first-order chi connectivity index (χ1) is 8.04. The molecule has 17 heavy (non-hydrogen) atoms. The molecule has 0 saturated heterocycles. The molecular formula is C14H25N3. The molecule has 0 aliphatic heterocycles. The van der Waals surface area contributed by atoms with Crippen molar-refractivity contribution in [3.05, 3.63) is 18.0 Å². The maximum atomic E-state index is 4.30. The predicted molar refractivity (Wildman–Crippen MR) is 70.7 cm³/mol. The Hall–Kier alpha value is -0.830. The Bertz CT molecular complexity index is 367. The summed E-state index contributed by atoms with van der Waals surface area (Å²) in [6.07, 6.45) is 9.57. The van der Waals surface area contributed by atoms with E-state index in [-0.39, 0.29) is 0 Å². The molecule has 0 bridgehead atoms. The van der Waals surface area contributed by atoms with E-state index in [9.17, 15) is 0 Å². The zero-order valence-corrected chi connectivity index (χ0v) is 11.5. The molecule has 3 nitrogen and oxygen atoms in total. The average molecular weight is 235 g/mol. The Balaban J connectivity index is 2.22. The number of hydrogen-bond acceptors (Lipinski definition) is 2. The van der Waals surface area contributed by atoms with E-state index in [1.807, 2.05) is 17.9 Å². The Morgan fingerprint density at radius 2 is 2.24 bits per heavy atom. The number of hydrogen-bond donors (Lipinski definition) is 1. The molecule has 96 valence electrons. The minimum atomic E-state index is 0.432. The first-order valence-electron chi connectivity index (χ1n) is 6.70. The van der Waals surface area contributed by atoms with Crippen LogP contribution in [0, 0.1) is 11.3 Å². The SMILES string of the molecule is CNC(c1cnn(C)c1)C1CCCCC1(C)C. The highest BCUT2D eigenvalue weighted by atomic mass is 15.2. The third-order valence-electron chi connectivity index (χ3n) is 4.39. The molecule has 2 unspecified atom stereocenters. The quantitative estimate of drug-likeness (QED) is 0.873. The Morgan fingerprint density at radius 3 is 2.76 bits per heavy atom. The van der Waals surface area contributed by atoms with Crippen LogP contribution in [0.15, 0.2) is 12.4 Å². The zero-order chi connectivity index (χ0) is 12.5. The third kappa shape index (κ3) is 2.54. The lowest BCUT2D eigenvalue weighted by Crippen LogP contribution is -2.37. The maximum absolute atomic E-state index is 4.30. The fourth-order valence-corrected chi connectivity index (χ4v) is 3.34. The van der Waals surface area contributed by atoms with Gasteiger partial charge in [0.25, 0.3) is 0 Å². The molecule has 0 aromatic carbocycles. The van der Waals surface area contributed by atoms with Gasteiger partial charge in [0.2, 0.25) is 0 Å². The molecule has 1 aliphatic rings. The van der Waals surface area contributed by atoms with Gasteiger partial charge in [-0.15, -0.1) is 0 Å². The van der Waals surface area contributed by atoms with Crippen LogP contribution < -0.4 is 5.32 Å². The molecule has 2 rings (SSSR count). The second kappa shape index (κ2) is 4.81. The highest BCUT2D eigenvalue weighted by Gasteiger charge is 2.37. The van der Waals surface area contributed by atoms with Crippen LogP contribution in [0.5, 0.6) is 0 Å². The molecule has 0 radical (unpaired) electrons. The molecule has 2 atom stereocenters. The molecule has 1 heterocycles. The van der Waals surface area contributed by atoms with Gasteiger partial charge in [-0.1, -0.05) is 26.7 Å². The molecule has 3 heteroatoms. The van der Waals surface area contributed by atoms with Crippen LogP contribution in [0.1, 0.15) is 51.1 Å². The Morgan fingerprint density at radius 1 is 1.47 bits per heavy atom.